The van der Waals surface area contributed by atoms with Gasteiger partial charge in [0.15, 0.2) is 0 Å². The van der Waals surface area contributed by atoms with Crippen LogP contribution in [-0.4, -0.2) is 11.9 Å². The third kappa shape index (κ3) is 3.88. The van der Waals surface area contributed by atoms with E-state index in [0.717, 1.165) is 18.7 Å². The molecule has 0 atom stereocenters. The molecule has 2 aromatic rings. The van der Waals surface area contributed by atoms with Crippen molar-refractivity contribution in [3.05, 3.63) is 69.4 Å². The maximum Gasteiger partial charge on any atom is 0.137 e. The Kier molecular flexibility index (Phi) is 4.72. The molecule has 0 aliphatic heterocycles. The molecule has 0 saturated heterocycles. The van der Waals surface area contributed by atoms with Crippen LogP contribution in [0, 0.1) is 12.7 Å². The van der Waals surface area contributed by atoms with Gasteiger partial charge in [-0.2, -0.15) is 0 Å². The van der Waals surface area contributed by atoms with Crippen LogP contribution >= 0.6 is 15.9 Å². The highest BCUT2D eigenvalue weighted by Crippen LogP contribution is 2.18. The molecular weight excluding hydrogens is 305 g/mol. The van der Waals surface area contributed by atoms with Gasteiger partial charge in [-0.25, -0.2) is 4.39 Å². The summed E-state index contributed by atoms with van der Waals surface area (Å²) in [4.78, 5) is 2.22. The maximum atomic E-state index is 13.2. The van der Waals surface area contributed by atoms with Gasteiger partial charge in [-0.1, -0.05) is 30.3 Å². The smallest absolute Gasteiger partial charge is 0.137 e. The van der Waals surface area contributed by atoms with Crippen molar-refractivity contribution in [3.63, 3.8) is 0 Å². The lowest BCUT2D eigenvalue weighted by molar-refractivity contribution is 0.318. The third-order valence-corrected chi connectivity index (χ3v) is 3.75. The van der Waals surface area contributed by atoms with Gasteiger partial charge in [0.25, 0.3) is 0 Å². The molecule has 0 amide bonds. The molecule has 100 valence electrons. The second-order valence-corrected chi connectivity index (χ2v) is 5.70. The zero-order chi connectivity index (χ0) is 13.8. The molecule has 3 heteroatoms. The highest BCUT2D eigenvalue weighted by Gasteiger charge is 2.06. The molecular formula is C16H17BrFN. The zero-order valence-electron chi connectivity index (χ0n) is 11.2. The van der Waals surface area contributed by atoms with Gasteiger partial charge in [0.05, 0.1) is 4.47 Å². The molecule has 0 fully saturated rings. The summed E-state index contributed by atoms with van der Waals surface area (Å²) in [5, 5.41) is 0. The third-order valence-electron chi connectivity index (χ3n) is 3.14. The monoisotopic (exact) mass is 321 g/mol. The Bertz CT molecular complexity index is 568. The second-order valence-electron chi connectivity index (χ2n) is 4.85. The molecule has 0 bridgehead atoms. The number of rotatable bonds is 4. The van der Waals surface area contributed by atoms with Crippen LogP contribution < -0.4 is 0 Å². The number of nitrogens with zero attached hydrogens (tertiary/aromatic N) is 1. The van der Waals surface area contributed by atoms with Crippen LogP contribution in [0.25, 0.3) is 0 Å². The van der Waals surface area contributed by atoms with Crippen LogP contribution in [0.4, 0.5) is 4.39 Å². The van der Waals surface area contributed by atoms with E-state index in [9.17, 15) is 4.39 Å². The topological polar surface area (TPSA) is 3.24 Å². The first-order valence-corrected chi connectivity index (χ1v) is 7.02. The van der Waals surface area contributed by atoms with Gasteiger partial charge >= 0.3 is 0 Å². The Morgan fingerprint density at radius 1 is 1.11 bits per heavy atom. The predicted octanol–water partition coefficient (Wildman–Crippen LogP) is 4.53. The summed E-state index contributed by atoms with van der Waals surface area (Å²) < 4.78 is 13.7. The quantitative estimate of drug-likeness (QED) is 0.799. The van der Waals surface area contributed by atoms with Gasteiger partial charge in [0.1, 0.15) is 5.82 Å². The first kappa shape index (κ1) is 14.2. The first-order valence-electron chi connectivity index (χ1n) is 6.23. The fourth-order valence-electron chi connectivity index (χ4n) is 2.08. The maximum absolute atomic E-state index is 13.2. The molecule has 0 N–H and O–H groups in total. The van der Waals surface area contributed by atoms with E-state index in [2.05, 4.69) is 59.1 Å². The lowest BCUT2D eigenvalue weighted by Crippen LogP contribution is -2.17. The van der Waals surface area contributed by atoms with Crippen molar-refractivity contribution < 1.29 is 4.39 Å². The average molecular weight is 322 g/mol. The Hall–Kier alpha value is -1.19. The molecule has 19 heavy (non-hydrogen) atoms. The van der Waals surface area contributed by atoms with Crippen molar-refractivity contribution >= 4 is 15.9 Å². The van der Waals surface area contributed by atoms with Crippen LogP contribution in [0.1, 0.15) is 16.7 Å². The van der Waals surface area contributed by atoms with Gasteiger partial charge < -0.3 is 0 Å². The largest absolute Gasteiger partial charge is 0.298 e. The van der Waals surface area contributed by atoms with Gasteiger partial charge in [-0.15, -0.1) is 0 Å². The van der Waals surface area contributed by atoms with Crippen molar-refractivity contribution in [2.24, 2.45) is 0 Å². The molecule has 0 heterocycles. The molecule has 0 aliphatic carbocycles. The van der Waals surface area contributed by atoms with E-state index in [1.807, 2.05) is 12.1 Å². The molecule has 0 saturated carbocycles. The number of hydrogen-bond donors (Lipinski definition) is 0. The van der Waals surface area contributed by atoms with Crippen LogP contribution in [-0.2, 0) is 13.1 Å². The van der Waals surface area contributed by atoms with E-state index >= 15 is 0 Å². The second kappa shape index (κ2) is 6.31. The Morgan fingerprint density at radius 3 is 2.53 bits per heavy atom. The molecule has 2 rings (SSSR count). The minimum Gasteiger partial charge on any atom is -0.298 e. The van der Waals surface area contributed by atoms with E-state index in [1.54, 1.807) is 0 Å². The lowest BCUT2D eigenvalue weighted by atomic mass is 10.1. The predicted molar refractivity (Wildman–Crippen MR) is 80.5 cm³/mol. The van der Waals surface area contributed by atoms with E-state index in [1.165, 1.54) is 17.2 Å². The minimum atomic E-state index is -0.217. The highest BCUT2D eigenvalue weighted by molar-refractivity contribution is 9.10. The van der Waals surface area contributed by atoms with E-state index in [4.69, 9.17) is 0 Å². The number of aryl methyl sites for hydroxylation is 1. The number of halogens is 2. The normalized spacial score (nSPS) is 11.0. The van der Waals surface area contributed by atoms with Crippen LogP contribution in [0.3, 0.4) is 0 Å². The van der Waals surface area contributed by atoms with E-state index in [0.29, 0.717) is 4.47 Å². The summed E-state index contributed by atoms with van der Waals surface area (Å²) >= 11 is 3.22. The van der Waals surface area contributed by atoms with Gasteiger partial charge in [-0.3, -0.25) is 4.90 Å². The molecule has 0 aliphatic rings. The van der Waals surface area contributed by atoms with Crippen LogP contribution in [0.5, 0.6) is 0 Å². The molecule has 1 nitrogen and oxygen atoms in total. The van der Waals surface area contributed by atoms with Gasteiger partial charge in [0, 0.05) is 13.1 Å². The standard InChI is InChI=1S/C16H17BrFN/c1-12-5-3-4-6-14(12)11-19(2)10-13-7-8-16(18)15(17)9-13/h3-9H,10-11H2,1-2H3. The molecule has 0 aromatic heterocycles. The lowest BCUT2D eigenvalue weighted by Gasteiger charge is -2.18. The summed E-state index contributed by atoms with van der Waals surface area (Å²) in [6, 6.07) is 13.5. The fraction of sp³-hybridized carbons (Fsp3) is 0.250. The van der Waals surface area contributed by atoms with E-state index < -0.39 is 0 Å². The van der Waals surface area contributed by atoms with Gasteiger partial charge in [-0.05, 0) is 58.7 Å². The summed E-state index contributed by atoms with van der Waals surface area (Å²) in [5.41, 5.74) is 3.73. The molecule has 0 radical (unpaired) electrons. The van der Waals surface area contributed by atoms with Gasteiger partial charge in [0.2, 0.25) is 0 Å². The van der Waals surface area contributed by atoms with Crippen molar-refractivity contribution in [2.75, 3.05) is 7.05 Å². The Balaban J connectivity index is 2.03. The molecule has 0 unspecified atom stereocenters. The highest BCUT2D eigenvalue weighted by atomic mass is 79.9. The number of hydrogen-bond acceptors (Lipinski definition) is 1. The molecule has 2 aromatic carbocycles. The zero-order valence-corrected chi connectivity index (χ0v) is 12.7. The van der Waals surface area contributed by atoms with Crippen molar-refractivity contribution in [1.29, 1.82) is 0 Å². The van der Waals surface area contributed by atoms with Crippen molar-refractivity contribution in [2.45, 2.75) is 20.0 Å². The van der Waals surface area contributed by atoms with Crippen LogP contribution in [0.15, 0.2) is 46.9 Å². The first-order chi connectivity index (χ1) is 9.06. The number of benzene rings is 2. The minimum absolute atomic E-state index is 0.217. The summed E-state index contributed by atoms with van der Waals surface area (Å²) in [5.74, 6) is -0.217. The van der Waals surface area contributed by atoms with E-state index in [-0.39, 0.29) is 5.82 Å². The Morgan fingerprint density at radius 2 is 1.84 bits per heavy atom. The summed E-state index contributed by atoms with van der Waals surface area (Å²) in [7, 11) is 2.07. The summed E-state index contributed by atoms with van der Waals surface area (Å²) in [6.45, 7) is 3.81. The average Bonchev–Trinajstić information content (AvgIpc) is 2.37. The van der Waals surface area contributed by atoms with Crippen molar-refractivity contribution in [1.82, 2.24) is 4.90 Å². The SMILES string of the molecule is Cc1ccccc1CN(C)Cc1ccc(F)c(Br)c1. The fourth-order valence-corrected chi connectivity index (χ4v) is 2.51. The Labute approximate surface area is 122 Å². The van der Waals surface area contributed by atoms with Crippen molar-refractivity contribution in [3.8, 4) is 0 Å². The molecule has 0 spiro atoms. The summed E-state index contributed by atoms with van der Waals surface area (Å²) in [6.07, 6.45) is 0. The van der Waals surface area contributed by atoms with Crippen LogP contribution in [0.2, 0.25) is 0 Å².